The van der Waals surface area contributed by atoms with E-state index in [1.54, 1.807) is 11.8 Å². The van der Waals surface area contributed by atoms with E-state index in [1.807, 2.05) is 24.3 Å². The first kappa shape index (κ1) is 13.4. The maximum absolute atomic E-state index is 5.83. The monoisotopic (exact) mass is 253 g/mol. The van der Waals surface area contributed by atoms with E-state index in [9.17, 15) is 0 Å². The fourth-order valence-corrected chi connectivity index (χ4v) is 2.43. The topological polar surface area (TPSA) is 12.0 Å². The van der Waals surface area contributed by atoms with Gasteiger partial charge in [0.05, 0.1) is 0 Å². The molecule has 0 aliphatic heterocycles. The van der Waals surface area contributed by atoms with Gasteiger partial charge in [0.2, 0.25) is 0 Å². The predicted octanol–water partition coefficient (Wildman–Crippen LogP) is 3.43. The second-order valence-corrected chi connectivity index (χ2v) is 4.96. The Labute approximate surface area is 107 Å². The quantitative estimate of drug-likeness (QED) is 0.616. The van der Waals surface area contributed by atoms with Crippen LogP contribution in [0.1, 0.15) is 13.3 Å². The lowest BCUT2D eigenvalue weighted by Gasteiger charge is -2.14. The molecular formula is C13H16ClNS. The zero-order valence-corrected chi connectivity index (χ0v) is 10.9. The summed E-state index contributed by atoms with van der Waals surface area (Å²) < 4.78 is 0. The summed E-state index contributed by atoms with van der Waals surface area (Å²) >= 11 is 7.63. The first-order chi connectivity index (χ1) is 7.76. The summed E-state index contributed by atoms with van der Waals surface area (Å²) in [7, 11) is 0. The summed E-state index contributed by atoms with van der Waals surface area (Å²) in [6.45, 7) is 3.05. The zero-order chi connectivity index (χ0) is 11.8. The van der Waals surface area contributed by atoms with Crippen LogP contribution in [-0.4, -0.2) is 18.3 Å². The molecule has 1 rings (SSSR count). The van der Waals surface area contributed by atoms with Gasteiger partial charge in [-0.1, -0.05) is 18.5 Å². The van der Waals surface area contributed by atoms with Crippen molar-refractivity contribution in [1.29, 1.82) is 0 Å². The average Bonchev–Trinajstić information content (AvgIpc) is 2.29. The highest BCUT2D eigenvalue weighted by Crippen LogP contribution is 2.21. The van der Waals surface area contributed by atoms with E-state index in [-0.39, 0.29) is 0 Å². The summed E-state index contributed by atoms with van der Waals surface area (Å²) in [4.78, 5) is 1.23. The third-order valence-corrected chi connectivity index (χ3v) is 3.55. The Hall–Kier alpha value is -0.620. The molecular weight excluding hydrogens is 238 g/mol. The third-order valence-electron chi connectivity index (χ3n) is 2.12. The van der Waals surface area contributed by atoms with E-state index in [1.165, 1.54) is 4.90 Å². The minimum Gasteiger partial charge on any atom is -0.312 e. The molecule has 0 heterocycles. The van der Waals surface area contributed by atoms with Gasteiger partial charge in [0.1, 0.15) is 0 Å². The smallest absolute Gasteiger partial charge is 0.0406 e. The molecule has 0 fully saturated rings. The Morgan fingerprint density at radius 2 is 2.12 bits per heavy atom. The van der Waals surface area contributed by atoms with Crippen LogP contribution in [0.5, 0.6) is 0 Å². The Morgan fingerprint density at radius 3 is 2.69 bits per heavy atom. The highest BCUT2D eigenvalue weighted by atomic mass is 35.5. The van der Waals surface area contributed by atoms with E-state index in [0.29, 0.717) is 6.04 Å². The summed E-state index contributed by atoms with van der Waals surface area (Å²) in [6.07, 6.45) is 6.10. The van der Waals surface area contributed by atoms with Crippen molar-refractivity contribution in [2.75, 3.05) is 12.3 Å². The minimum atomic E-state index is 0.385. The number of thioether (sulfide) groups is 1. The molecule has 3 heteroatoms. The maximum Gasteiger partial charge on any atom is 0.0406 e. The summed E-state index contributed by atoms with van der Waals surface area (Å²) in [5, 5.41) is 4.15. The standard InChI is InChI=1S/C13H16ClNS/c1-3-5-12(15-4-2)10-16-13-8-6-11(14)7-9-13/h1,6-9,12,15H,4-5,10H2,2H3. The van der Waals surface area contributed by atoms with E-state index in [4.69, 9.17) is 18.0 Å². The van der Waals surface area contributed by atoms with Crippen molar-refractivity contribution < 1.29 is 0 Å². The number of terminal acetylenes is 1. The molecule has 1 nitrogen and oxygen atoms in total. The number of hydrogen-bond acceptors (Lipinski definition) is 2. The highest BCUT2D eigenvalue weighted by molar-refractivity contribution is 7.99. The molecule has 0 saturated carbocycles. The first-order valence-electron chi connectivity index (χ1n) is 5.31. The first-order valence-corrected chi connectivity index (χ1v) is 6.67. The van der Waals surface area contributed by atoms with Crippen LogP contribution < -0.4 is 5.32 Å². The summed E-state index contributed by atoms with van der Waals surface area (Å²) in [5.41, 5.74) is 0. The van der Waals surface area contributed by atoms with Crippen LogP contribution >= 0.6 is 23.4 Å². The van der Waals surface area contributed by atoms with E-state index in [0.717, 1.165) is 23.7 Å². The molecule has 0 bridgehead atoms. The number of rotatable bonds is 6. The molecule has 1 atom stereocenters. The maximum atomic E-state index is 5.83. The second-order valence-electron chi connectivity index (χ2n) is 3.43. The van der Waals surface area contributed by atoms with Crippen LogP contribution in [0.4, 0.5) is 0 Å². The van der Waals surface area contributed by atoms with Crippen molar-refractivity contribution >= 4 is 23.4 Å². The van der Waals surface area contributed by atoms with Crippen molar-refractivity contribution in [3.05, 3.63) is 29.3 Å². The zero-order valence-electron chi connectivity index (χ0n) is 9.37. The Bertz CT molecular complexity index is 342. The van der Waals surface area contributed by atoms with Gasteiger partial charge in [-0.25, -0.2) is 0 Å². The van der Waals surface area contributed by atoms with Gasteiger partial charge in [-0.15, -0.1) is 24.1 Å². The molecule has 1 N–H and O–H groups in total. The van der Waals surface area contributed by atoms with Gasteiger partial charge in [-0.3, -0.25) is 0 Å². The Kier molecular flexibility index (Phi) is 6.40. The van der Waals surface area contributed by atoms with Crippen molar-refractivity contribution in [2.24, 2.45) is 0 Å². The van der Waals surface area contributed by atoms with Gasteiger partial charge in [-0.2, -0.15) is 0 Å². The molecule has 1 unspecified atom stereocenters. The van der Waals surface area contributed by atoms with E-state index in [2.05, 4.69) is 18.2 Å². The van der Waals surface area contributed by atoms with Gasteiger partial charge in [0.25, 0.3) is 0 Å². The van der Waals surface area contributed by atoms with Crippen LogP contribution in [0, 0.1) is 12.3 Å². The predicted molar refractivity (Wildman–Crippen MR) is 73.1 cm³/mol. The number of halogens is 1. The largest absolute Gasteiger partial charge is 0.312 e. The lowest BCUT2D eigenvalue weighted by atomic mass is 10.2. The molecule has 0 saturated heterocycles. The number of hydrogen-bond donors (Lipinski definition) is 1. The molecule has 0 amide bonds. The average molecular weight is 254 g/mol. The molecule has 0 aliphatic carbocycles. The molecule has 16 heavy (non-hydrogen) atoms. The Balaban J connectivity index is 2.42. The number of nitrogens with one attached hydrogen (secondary N) is 1. The molecule has 1 aromatic rings. The van der Waals surface area contributed by atoms with Gasteiger partial charge >= 0.3 is 0 Å². The van der Waals surface area contributed by atoms with E-state index >= 15 is 0 Å². The van der Waals surface area contributed by atoms with Crippen LogP contribution in [-0.2, 0) is 0 Å². The third kappa shape index (κ3) is 4.94. The van der Waals surface area contributed by atoms with Gasteiger partial charge in [0.15, 0.2) is 0 Å². The SMILES string of the molecule is C#CCC(CSc1ccc(Cl)cc1)NCC. The van der Waals surface area contributed by atoms with Gasteiger partial charge in [0, 0.05) is 28.1 Å². The van der Waals surface area contributed by atoms with Crippen molar-refractivity contribution in [1.82, 2.24) is 5.32 Å². The van der Waals surface area contributed by atoms with Crippen molar-refractivity contribution in [3.8, 4) is 12.3 Å². The molecule has 0 spiro atoms. The number of benzene rings is 1. The van der Waals surface area contributed by atoms with Crippen LogP contribution in [0.15, 0.2) is 29.2 Å². The molecule has 0 radical (unpaired) electrons. The van der Waals surface area contributed by atoms with Gasteiger partial charge < -0.3 is 5.32 Å². The van der Waals surface area contributed by atoms with Crippen LogP contribution in [0.2, 0.25) is 5.02 Å². The second kappa shape index (κ2) is 7.62. The Morgan fingerprint density at radius 1 is 1.44 bits per heavy atom. The summed E-state index contributed by atoms with van der Waals surface area (Å²) in [6, 6.07) is 8.27. The van der Waals surface area contributed by atoms with Crippen molar-refractivity contribution in [2.45, 2.75) is 24.3 Å². The van der Waals surface area contributed by atoms with Crippen molar-refractivity contribution in [3.63, 3.8) is 0 Å². The van der Waals surface area contributed by atoms with Crippen LogP contribution in [0.25, 0.3) is 0 Å². The lowest BCUT2D eigenvalue weighted by molar-refractivity contribution is 0.588. The van der Waals surface area contributed by atoms with E-state index < -0.39 is 0 Å². The molecule has 86 valence electrons. The molecule has 0 aliphatic rings. The minimum absolute atomic E-state index is 0.385. The normalized spacial score (nSPS) is 12.1. The fourth-order valence-electron chi connectivity index (χ4n) is 1.35. The highest BCUT2D eigenvalue weighted by Gasteiger charge is 2.05. The lowest BCUT2D eigenvalue weighted by Crippen LogP contribution is -2.30. The molecule has 1 aromatic carbocycles. The summed E-state index contributed by atoms with van der Waals surface area (Å²) in [5.74, 6) is 3.69. The van der Waals surface area contributed by atoms with Gasteiger partial charge in [-0.05, 0) is 30.8 Å². The van der Waals surface area contributed by atoms with Crippen LogP contribution in [0.3, 0.4) is 0 Å². The molecule has 0 aromatic heterocycles. The fraction of sp³-hybridized carbons (Fsp3) is 0.385.